The number of aromatic nitrogens is 7. The molecule has 0 atom stereocenters. The zero-order valence-electron chi connectivity index (χ0n) is 34.7. The van der Waals surface area contributed by atoms with Gasteiger partial charge in [0.1, 0.15) is 11.4 Å². The van der Waals surface area contributed by atoms with Crippen LogP contribution in [-0.2, 0) is 12.4 Å². The van der Waals surface area contributed by atoms with Gasteiger partial charge in [-0.3, -0.25) is 8.97 Å². The number of hydrogen-bond donors (Lipinski definition) is 0. The number of rotatable bonds is 3. The minimum Gasteiger partial charge on any atom is -0.454 e. The molecule has 0 saturated carbocycles. The van der Waals surface area contributed by atoms with E-state index in [4.69, 9.17) is 18.5 Å². The fourth-order valence-electron chi connectivity index (χ4n) is 8.90. The van der Waals surface area contributed by atoms with E-state index in [0.29, 0.717) is 11.1 Å². The Morgan fingerprint density at radius 3 is 2.33 bits per heavy atom. The van der Waals surface area contributed by atoms with Gasteiger partial charge in [0.15, 0.2) is 5.58 Å². The third kappa shape index (κ3) is 4.41. The summed E-state index contributed by atoms with van der Waals surface area (Å²) in [6, 6.07) is 43.3. The van der Waals surface area contributed by atoms with Gasteiger partial charge in [0.05, 0.1) is 66.6 Å². The number of nitrogens with zero attached hydrogens (tertiary/aromatic N) is 7. The van der Waals surface area contributed by atoms with Crippen LogP contribution in [-0.4, -0.2) is 28.1 Å². The Morgan fingerprint density at radius 2 is 1.47 bits per heavy atom. The van der Waals surface area contributed by atoms with Crippen LogP contribution in [0.4, 0.5) is 0 Å². The lowest BCUT2D eigenvalue weighted by molar-refractivity contribution is -0.649. The smallest absolute Gasteiger partial charge is 0.244 e. The van der Waals surface area contributed by atoms with Crippen LogP contribution in [0, 0.1) is 13.3 Å². The second-order valence-electron chi connectivity index (χ2n) is 16.1. The average molecular weight is 743 g/mol. The number of furan rings is 1. The van der Waals surface area contributed by atoms with Crippen LogP contribution in [0.5, 0.6) is 0 Å². The van der Waals surface area contributed by atoms with E-state index in [-0.39, 0.29) is 5.41 Å². The highest BCUT2D eigenvalue weighted by atomic mass is 16.3. The third-order valence-electron chi connectivity index (χ3n) is 11.7. The molecule has 0 unspecified atom stereocenters. The first-order valence-electron chi connectivity index (χ1n) is 20.7. The minimum atomic E-state index is -2.43. The molecule has 57 heavy (non-hydrogen) atoms. The van der Waals surface area contributed by atoms with Crippen molar-refractivity contribution in [3.63, 3.8) is 0 Å². The van der Waals surface area contributed by atoms with Crippen LogP contribution < -0.4 is 4.57 Å². The summed E-state index contributed by atoms with van der Waals surface area (Å²) in [6.07, 6.45) is 5.10. The van der Waals surface area contributed by atoms with Gasteiger partial charge in [0, 0.05) is 27.7 Å². The maximum atomic E-state index is 8.37. The summed E-state index contributed by atoms with van der Waals surface area (Å²) in [4.78, 5) is 10.3. The summed E-state index contributed by atoms with van der Waals surface area (Å²) in [5.41, 5.74) is 12.4. The van der Waals surface area contributed by atoms with Gasteiger partial charge < -0.3 is 18.1 Å². The number of para-hydroxylation sites is 5. The summed E-state index contributed by atoms with van der Waals surface area (Å²) in [5.74, 6) is 1.58. The van der Waals surface area contributed by atoms with Gasteiger partial charge in [-0.2, -0.15) is 0 Å². The van der Waals surface area contributed by atoms with Gasteiger partial charge in [0.25, 0.3) is 0 Å². The Balaban J connectivity index is 1.24. The van der Waals surface area contributed by atoms with Crippen molar-refractivity contribution < 1.29 is 13.1 Å². The van der Waals surface area contributed by atoms with E-state index in [9.17, 15) is 0 Å². The number of benzene rings is 6. The fourth-order valence-corrected chi connectivity index (χ4v) is 8.90. The first kappa shape index (κ1) is 29.1. The van der Waals surface area contributed by atoms with Gasteiger partial charge in [-0.1, -0.05) is 93.6 Å². The highest BCUT2D eigenvalue weighted by Gasteiger charge is 2.25. The molecule has 0 aliphatic carbocycles. The molecule has 6 aromatic heterocycles. The third-order valence-corrected chi connectivity index (χ3v) is 11.7. The molecular formula is C49H37N7O. The van der Waals surface area contributed by atoms with Crippen molar-refractivity contribution in [3.8, 4) is 17.2 Å². The molecule has 8 heteroatoms. The van der Waals surface area contributed by atoms with Crippen LogP contribution >= 0.6 is 0 Å². The van der Waals surface area contributed by atoms with E-state index >= 15 is 0 Å². The monoisotopic (exact) mass is 742 g/mol. The van der Waals surface area contributed by atoms with Crippen molar-refractivity contribution >= 4 is 82.6 Å². The normalized spacial score (nSPS) is 13.6. The van der Waals surface area contributed by atoms with E-state index in [1.54, 1.807) is 0 Å². The standard InChI is InChI=1S/C49H37N7O/c1-29-13-12-19-39-46(29)51-48-55(39)41-26-34-32-14-6-8-16-36(32)54(40(34)27-42(41)56(48)45-23-30(21-22-50-45)49(2,3)4)43-25-31(53-28-52(5)37-17-9-10-18-38(37)53)24-35-33-15-7-11-20-44(33)57-47(35)43/h6-27H,1-5H3/i5D3. The fraction of sp³-hybridized carbons (Fsp3) is 0.122. The van der Waals surface area contributed by atoms with Crippen molar-refractivity contribution in [1.82, 2.24) is 28.1 Å². The van der Waals surface area contributed by atoms with Crippen molar-refractivity contribution in [2.75, 3.05) is 0 Å². The highest BCUT2D eigenvalue weighted by Crippen LogP contribution is 2.42. The van der Waals surface area contributed by atoms with Gasteiger partial charge in [-0.15, -0.1) is 0 Å². The summed E-state index contributed by atoms with van der Waals surface area (Å²) in [6.45, 7) is 6.32. The SMILES string of the molecule is [2H]C([2H])([2H])[n+]1[c-]n(-c2cc(-n3c4ccccc4c4cc5c(cc43)n(-c3cc(C(C)(C)C)ccn3)c3nc4c(C)cccc4n53)c3oc4ccccc4c3c2)c2ccccc21. The van der Waals surface area contributed by atoms with Crippen LogP contribution in [0.3, 0.4) is 0 Å². The van der Waals surface area contributed by atoms with Crippen LogP contribution in [0.25, 0.3) is 99.8 Å². The van der Waals surface area contributed by atoms with E-state index in [1.165, 1.54) is 10.1 Å². The first-order valence-corrected chi connectivity index (χ1v) is 19.2. The lowest BCUT2D eigenvalue weighted by atomic mass is 9.88. The molecular weight excluding hydrogens is 703 g/mol. The molecule has 0 aliphatic heterocycles. The molecule has 0 spiro atoms. The van der Waals surface area contributed by atoms with Gasteiger partial charge >= 0.3 is 0 Å². The highest BCUT2D eigenvalue weighted by molar-refractivity contribution is 6.16. The van der Waals surface area contributed by atoms with E-state index in [0.717, 1.165) is 94.3 Å². The maximum Gasteiger partial charge on any atom is 0.244 e. The van der Waals surface area contributed by atoms with Crippen LogP contribution in [0.1, 0.15) is 36.0 Å². The van der Waals surface area contributed by atoms with E-state index in [2.05, 4.69) is 132 Å². The second kappa shape index (κ2) is 11.2. The predicted molar refractivity (Wildman–Crippen MR) is 229 cm³/mol. The maximum absolute atomic E-state index is 8.37. The topological polar surface area (TPSA) is 62.0 Å². The molecule has 0 saturated heterocycles. The Hall–Kier alpha value is -7.19. The van der Waals surface area contributed by atoms with Crippen LogP contribution in [0.15, 0.2) is 138 Å². The number of hydrogen-bond acceptors (Lipinski definition) is 3. The quantitative estimate of drug-likeness (QED) is 0.134. The summed E-state index contributed by atoms with van der Waals surface area (Å²) < 4.78 is 41.7. The Bertz CT molecular complexity index is 3780. The van der Waals surface area contributed by atoms with Gasteiger partial charge in [0.2, 0.25) is 12.1 Å². The van der Waals surface area contributed by atoms with E-state index in [1.807, 2.05) is 53.2 Å². The summed E-state index contributed by atoms with van der Waals surface area (Å²) in [5, 5.41) is 4.01. The molecule has 6 aromatic carbocycles. The molecule has 0 N–H and O–H groups in total. The molecule has 0 fully saturated rings. The van der Waals surface area contributed by atoms with Crippen molar-refractivity contribution in [1.29, 1.82) is 0 Å². The van der Waals surface area contributed by atoms with Gasteiger partial charge in [-0.05, 0) is 78.1 Å². The summed E-state index contributed by atoms with van der Waals surface area (Å²) in [7, 11) is 0. The molecule has 6 heterocycles. The molecule has 12 aromatic rings. The lowest BCUT2D eigenvalue weighted by Crippen LogP contribution is -2.26. The molecule has 0 bridgehead atoms. The van der Waals surface area contributed by atoms with Gasteiger partial charge in [-0.25, -0.2) is 9.97 Å². The molecule has 12 rings (SSSR count). The number of fused-ring (bicyclic) bond motifs is 12. The Labute approximate surface area is 331 Å². The molecule has 0 radical (unpaired) electrons. The molecule has 0 aliphatic rings. The Kier molecular flexibility index (Phi) is 5.73. The molecule has 0 amide bonds. The Morgan fingerprint density at radius 1 is 0.684 bits per heavy atom. The van der Waals surface area contributed by atoms with Crippen molar-refractivity contribution in [2.24, 2.45) is 6.98 Å². The van der Waals surface area contributed by atoms with E-state index < -0.39 is 6.98 Å². The van der Waals surface area contributed by atoms with Crippen molar-refractivity contribution in [3.05, 3.63) is 151 Å². The summed E-state index contributed by atoms with van der Waals surface area (Å²) >= 11 is 0. The average Bonchev–Trinajstić information content (AvgIpc) is 4.04. The molecule has 8 nitrogen and oxygen atoms in total. The molecule has 274 valence electrons. The largest absolute Gasteiger partial charge is 0.454 e. The number of pyridine rings is 1. The predicted octanol–water partition coefficient (Wildman–Crippen LogP) is 11.0. The van der Waals surface area contributed by atoms with Crippen LogP contribution in [0.2, 0.25) is 0 Å². The van der Waals surface area contributed by atoms with Crippen molar-refractivity contribution in [2.45, 2.75) is 33.1 Å². The lowest BCUT2D eigenvalue weighted by Gasteiger charge is -2.19. The zero-order valence-corrected chi connectivity index (χ0v) is 31.7. The number of imidazole rings is 3. The second-order valence-corrected chi connectivity index (χ2v) is 16.1. The minimum absolute atomic E-state index is 0.0957. The first-order chi connectivity index (χ1) is 28.9. The zero-order chi connectivity index (χ0) is 40.8. The number of aryl methyl sites for hydroxylation is 2.